The van der Waals surface area contributed by atoms with Crippen molar-refractivity contribution in [2.45, 2.75) is 13.8 Å². The molecular weight excluding hydrogens is 320 g/mol. The number of para-hydroxylation sites is 2. The molecule has 2 aromatic rings. The maximum Gasteiger partial charge on any atom is 0.169 e. The van der Waals surface area contributed by atoms with Crippen molar-refractivity contribution >= 4 is 21.7 Å². The Bertz CT molecular complexity index is 623. The summed E-state index contributed by atoms with van der Waals surface area (Å²) in [5.74, 6) is 2.01. The second-order valence-electron chi connectivity index (χ2n) is 4.18. The van der Waals surface area contributed by atoms with Crippen LogP contribution in [-0.4, -0.2) is 12.4 Å². The highest BCUT2D eigenvalue weighted by Gasteiger charge is 2.09. The number of hydrogen-bond donors (Lipinski definition) is 0. The SMILES string of the molecule is CCOc1ccccc1Oc1ccc(C(C)=O)c(Br)c1. The fourth-order valence-corrected chi connectivity index (χ4v) is 2.42. The van der Waals surface area contributed by atoms with Gasteiger partial charge in [0.25, 0.3) is 0 Å². The average Bonchev–Trinajstić information content (AvgIpc) is 2.41. The van der Waals surface area contributed by atoms with E-state index >= 15 is 0 Å². The van der Waals surface area contributed by atoms with E-state index in [9.17, 15) is 4.79 Å². The van der Waals surface area contributed by atoms with Crippen LogP contribution in [0.15, 0.2) is 46.9 Å². The second kappa shape index (κ2) is 6.57. The van der Waals surface area contributed by atoms with Crippen molar-refractivity contribution in [2.24, 2.45) is 0 Å². The fourth-order valence-electron chi connectivity index (χ4n) is 1.78. The van der Waals surface area contributed by atoms with Gasteiger partial charge < -0.3 is 9.47 Å². The number of ketones is 1. The first-order valence-electron chi connectivity index (χ1n) is 6.32. The molecule has 0 unspecified atom stereocenters. The molecule has 20 heavy (non-hydrogen) atoms. The highest BCUT2D eigenvalue weighted by molar-refractivity contribution is 9.10. The number of rotatable bonds is 5. The molecule has 0 aliphatic heterocycles. The van der Waals surface area contributed by atoms with Crippen molar-refractivity contribution in [2.75, 3.05) is 6.61 Å². The van der Waals surface area contributed by atoms with Gasteiger partial charge in [-0.3, -0.25) is 4.79 Å². The number of ether oxygens (including phenoxy) is 2. The minimum Gasteiger partial charge on any atom is -0.490 e. The topological polar surface area (TPSA) is 35.5 Å². The van der Waals surface area contributed by atoms with Crippen molar-refractivity contribution in [1.82, 2.24) is 0 Å². The Morgan fingerprint density at radius 2 is 1.85 bits per heavy atom. The van der Waals surface area contributed by atoms with Crippen LogP contribution in [-0.2, 0) is 0 Å². The third-order valence-electron chi connectivity index (χ3n) is 2.70. The summed E-state index contributed by atoms with van der Waals surface area (Å²) in [7, 11) is 0. The van der Waals surface area contributed by atoms with E-state index in [1.165, 1.54) is 6.92 Å². The number of carbonyl (C=O) groups is 1. The normalized spacial score (nSPS) is 10.2. The molecule has 3 nitrogen and oxygen atoms in total. The maximum absolute atomic E-state index is 11.4. The van der Waals surface area contributed by atoms with Crippen molar-refractivity contribution in [3.05, 3.63) is 52.5 Å². The Morgan fingerprint density at radius 1 is 1.15 bits per heavy atom. The molecule has 0 bridgehead atoms. The summed E-state index contributed by atoms with van der Waals surface area (Å²) in [6.07, 6.45) is 0. The minimum atomic E-state index is 0.0122. The Labute approximate surface area is 126 Å². The Balaban J connectivity index is 2.26. The average molecular weight is 335 g/mol. The maximum atomic E-state index is 11.4. The summed E-state index contributed by atoms with van der Waals surface area (Å²) in [6.45, 7) is 4.04. The summed E-state index contributed by atoms with van der Waals surface area (Å²) in [5.41, 5.74) is 0.635. The minimum absolute atomic E-state index is 0.0122. The summed E-state index contributed by atoms with van der Waals surface area (Å²) in [6, 6.07) is 12.8. The summed E-state index contributed by atoms with van der Waals surface area (Å²) < 4.78 is 12.0. The Hall–Kier alpha value is -1.81. The van der Waals surface area contributed by atoms with E-state index in [4.69, 9.17) is 9.47 Å². The van der Waals surface area contributed by atoms with Crippen LogP contribution in [0.5, 0.6) is 17.2 Å². The third kappa shape index (κ3) is 3.39. The van der Waals surface area contributed by atoms with Gasteiger partial charge in [-0.2, -0.15) is 0 Å². The van der Waals surface area contributed by atoms with Crippen molar-refractivity contribution < 1.29 is 14.3 Å². The van der Waals surface area contributed by atoms with Crippen LogP contribution in [0.4, 0.5) is 0 Å². The molecule has 0 radical (unpaired) electrons. The molecule has 4 heteroatoms. The third-order valence-corrected chi connectivity index (χ3v) is 3.35. The largest absolute Gasteiger partial charge is 0.490 e. The van der Waals surface area contributed by atoms with E-state index in [0.717, 1.165) is 4.47 Å². The van der Waals surface area contributed by atoms with Crippen LogP contribution in [0, 0.1) is 0 Å². The van der Waals surface area contributed by atoms with Gasteiger partial charge in [0, 0.05) is 10.0 Å². The highest BCUT2D eigenvalue weighted by atomic mass is 79.9. The molecule has 104 valence electrons. The number of carbonyl (C=O) groups excluding carboxylic acids is 1. The van der Waals surface area contributed by atoms with Crippen molar-refractivity contribution in [1.29, 1.82) is 0 Å². The van der Waals surface area contributed by atoms with E-state index in [2.05, 4.69) is 15.9 Å². The van der Waals surface area contributed by atoms with Crippen LogP contribution in [0.1, 0.15) is 24.2 Å². The van der Waals surface area contributed by atoms with Crippen molar-refractivity contribution in [3.63, 3.8) is 0 Å². The number of halogens is 1. The molecule has 0 heterocycles. The number of Topliss-reactive ketones (excluding diaryl/α,β-unsaturated/α-hetero) is 1. The van der Waals surface area contributed by atoms with E-state index in [0.29, 0.717) is 29.4 Å². The van der Waals surface area contributed by atoms with E-state index in [1.807, 2.05) is 31.2 Å². The van der Waals surface area contributed by atoms with Crippen molar-refractivity contribution in [3.8, 4) is 17.2 Å². The number of hydrogen-bond acceptors (Lipinski definition) is 3. The number of benzene rings is 2. The first-order valence-corrected chi connectivity index (χ1v) is 7.11. The molecule has 2 rings (SSSR count). The predicted molar refractivity (Wildman–Crippen MR) is 81.8 cm³/mol. The molecule has 0 aromatic heterocycles. The smallest absolute Gasteiger partial charge is 0.169 e. The van der Waals surface area contributed by atoms with Crippen LogP contribution in [0.2, 0.25) is 0 Å². The molecule has 0 atom stereocenters. The lowest BCUT2D eigenvalue weighted by atomic mass is 10.1. The van der Waals surface area contributed by atoms with Gasteiger partial charge in [-0.1, -0.05) is 12.1 Å². The molecular formula is C16H15BrO3. The van der Waals surface area contributed by atoms with Crippen LogP contribution >= 0.6 is 15.9 Å². The van der Waals surface area contributed by atoms with Gasteiger partial charge in [-0.15, -0.1) is 0 Å². The lowest BCUT2D eigenvalue weighted by molar-refractivity contribution is 0.101. The quantitative estimate of drug-likeness (QED) is 0.733. The lowest BCUT2D eigenvalue weighted by Crippen LogP contribution is -1.96. The van der Waals surface area contributed by atoms with Gasteiger partial charge >= 0.3 is 0 Å². The second-order valence-corrected chi connectivity index (χ2v) is 5.03. The van der Waals surface area contributed by atoms with E-state index in [-0.39, 0.29) is 5.78 Å². The monoisotopic (exact) mass is 334 g/mol. The molecule has 2 aromatic carbocycles. The summed E-state index contributed by atoms with van der Waals surface area (Å²) in [5, 5.41) is 0. The summed E-state index contributed by atoms with van der Waals surface area (Å²) in [4.78, 5) is 11.4. The first kappa shape index (κ1) is 14.6. The molecule has 0 aliphatic rings. The van der Waals surface area contributed by atoms with E-state index in [1.54, 1.807) is 18.2 Å². The molecule has 0 saturated carbocycles. The van der Waals surface area contributed by atoms with Gasteiger partial charge in [0.05, 0.1) is 6.61 Å². The zero-order chi connectivity index (χ0) is 14.5. The van der Waals surface area contributed by atoms with Crippen LogP contribution < -0.4 is 9.47 Å². The molecule has 0 fully saturated rings. The van der Waals surface area contributed by atoms with Gasteiger partial charge in [0.2, 0.25) is 0 Å². The van der Waals surface area contributed by atoms with Gasteiger partial charge in [0.1, 0.15) is 5.75 Å². The van der Waals surface area contributed by atoms with Gasteiger partial charge in [0.15, 0.2) is 17.3 Å². The molecule has 0 amide bonds. The Kier molecular flexibility index (Phi) is 4.79. The first-order chi connectivity index (χ1) is 9.61. The van der Waals surface area contributed by atoms with Crippen LogP contribution in [0.3, 0.4) is 0 Å². The van der Waals surface area contributed by atoms with Crippen LogP contribution in [0.25, 0.3) is 0 Å². The van der Waals surface area contributed by atoms with Gasteiger partial charge in [-0.05, 0) is 60.1 Å². The zero-order valence-corrected chi connectivity index (χ0v) is 12.9. The Morgan fingerprint density at radius 3 is 2.45 bits per heavy atom. The molecule has 0 N–H and O–H groups in total. The van der Waals surface area contributed by atoms with E-state index < -0.39 is 0 Å². The molecule has 0 aliphatic carbocycles. The predicted octanol–water partition coefficient (Wildman–Crippen LogP) is 4.84. The highest BCUT2D eigenvalue weighted by Crippen LogP contribution is 2.33. The lowest BCUT2D eigenvalue weighted by Gasteiger charge is -2.12. The summed E-state index contributed by atoms with van der Waals surface area (Å²) >= 11 is 3.38. The fraction of sp³-hybridized carbons (Fsp3) is 0.188. The molecule has 0 saturated heterocycles. The van der Waals surface area contributed by atoms with Gasteiger partial charge in [-0.25, -0.2) is 0 Å². The zero-order valence-electron chi connectivity index (χ0n) is 11.4. The molecule has 0 spiro atoms. The standard InChI is InChI=1S/C16H15BrO3/c1-3-19-15-6-4-5-7-16(15)20-12-8-9-13(11(2)18)14(17)10-12/h4-10H,3H2,1-2H3.